The Labute approximate surface area is 159 Å². The van der Waals surface area contributed by atoms with E-state index in [1.54, 1.807) is 4.68 Å². The van der Waals surface area contributed by atoms with E-state index in [1.807, 2.05) is 43.3 Å². The Balaban J connectivity index is 1.61. The van der Waals surface area contributed by atoms with Crippen LogP contribution in [-0.2, 0) is 0 Å². The Hall–Kier alpha value is -4.01. The van der Waals surface area contributed by atoms with Gasteiger partial charge in [0.2, 0.25) is 5.95 Å². The maximum absolute atomic E-state index is 12.5. The molecule has 1 aliphatic rings. The summed E-state index contributed by atoms with van der Waals surface area (Å²) in [7, 11) is 0. The number of rotatable bonds is 4. The van der Waals surface area contributed by atoms with Crippen LogP contribution in [-0.4, -0.2) is 25.6 Å². The second-order valence-electron chi connectivity index (χ2n) is 6.30. The van der Waals surface area contributed by atoms with Crippen LogP contribution in [0.15, 0.2) is 66.4 Å². The van der Waals surface area contributed by atoms with Gasteiger partial charge in [-0.25, -0.2) is 4.68 Å². The third kappa shape index (κ3) is 3.32. The van der Waals surface area contributed by atoms with Gasteiger partial charge in [0.15, 0.2) is 0 Å². The van der Waals surface area contributed by atoms with Gasteiger partial charge in [-0.15, -0.1) is 5.10 Å². The first-order valence-electron chi connectivity index (χ1n) is 8.54. The zero-order valence-electron chi connectivity index (χ0n) is 14.9. The van der Waals surface area contributed by atoms with Crippen LogP contribution >= 0.6 is 0 Å². The molecule has 1 atom stereocenters. The van der Waals surface area contributed by atoms with Crippen molar-refractivity contribution in [1.82, 2.24) is 14.8 Å². The van der Waals surface area contributed by atoms with Gasteiger partial charge < -0.3 is 5.32 Å². The van der Waals surface area contributed by atoms with Crippen LogP contribution in [0.2, 0.25) is 0 Å². The minimum absolute atomic E-state index is 0.114. The van der Waals surface area contributed by atoms with E-state index in [9.17, 15) is 14.9 Å². The summed E-state index contributed by atoms with van der Waals surface area (Å²) < 4.78 is 1.69. The molecule has 140 valence electrons. The lowest BCUT2D eigenvalue weighted by molar-refractivity contribution is -0.384. The van der Waals surface area contributed by atoms with Gasteiger partial charge in [0.25, 0.3) is 17.5 Å². The highest BCUT2D eigenvalue weighted by molar-refractivity contribution is 6.03. The van der Waals surface area contributed by atoms with Gasteiger partial charge in [-0.3, -0.25) is 20.2 Å². The topological polar surface area (TPSA) is 115 Å². The average molecular weight is 376 g/mol. The van der Waals surface area contributed by atoms with Crippen molar-refractivity contribution < 1.29 is 9.72 Å². The number of amides is 1. The fourth-order valence-corrected chi connectivity index (χ4v) is 3.00. The van der Waals surface area contributed by atoms with Crippen LogP contribution in [0.1, 0.15) is 28.9 Å². The Bertz CT molecular complexity index is 1090. The normalized spacial score (nSPS) is 15.2. The maximum atomic E-state index is 12.5. The lowest BCUT2D eigenvalue weighted by Crippen LogP contribution is -2.19. The summed E-state index contributed by atoms with van der Waals surface area (Å²) in [6, 6.07) is 15.1. The summed E-state index contributed by atoms with van der Waals surface area (Å²) >= 11 is 0. The van der Waals surface area contributed by atoms with E-state index in [0.29, 0.717) is 5.95 Å². The number of carbonyl (C=O) groups is 1. The van der Waals surface area contributed by atoms with E-state index in [4.69, 9.17) is 0 Å². The largest absolute Gasteiger partial charge is 0.329 e. The smallest absolute Gasteiger partial charge is 0.270 e. The minimum atomic E-state index is -0.548. The van der Waals surface area contributed by atoms with Crippen LogP contribution in [0.3, 0.4) is 0 Å². The summed E-state index contributed by atoms with van der Waals surface area (Å²) in [4.78, 5) is 27.1. The molecule has 3 aromatic rings. The van der Waals surface area contributed by atoms with Gasteiger partial charge in [0.05, 0.1) is 4.92 Å². The highest BCUT2D eigenvalue weighted by Gasteiger charge is 2.24. The summed E-state index contributed by atoms with van der Waals surface area (Å²) in [5.41, 5.74) is 1.95. The first kappa shape index (κ1) is 17.4. The second kappa shape index (κ2) is 6.95. The van der Waals surface area contributed by atoms with Crippen molar-refractivity contribution in [2.45, 2.75) is 13.0 Å². The zero-order valence-corrected chi connectivity index (χ0v) is 14.9. The molecule has 0 radical (unpaired) electrons. The number of aromatic nitrogens is 3. The molecule has 1 aliphatic heterocycles. The number of hydrogen-bond donors (Lipinski definition) is 2. The summed E-state index contributed by atoms with van der Waals surface area (Å²) in [6.07, 6.45) is 2.02. The second-order valence-corrected chi connectivity index (χ2v) is 6.30. The quantitative estimate of drug-likeness (QED) is 0.533. The highest BCUT2D eigenvalue weighted by atomic mass is 16.6. The summed E-state index contributed by atoms with van der Waals surface area (Å²) in [5, 5.41) is 21.0. The van der Waals surface area contributed by atoms with Gasteiger partial charge in [0, 0.05) is 23.4 Å². The molecule has 0 aliphatic carbocycles. The van der Waals surface area contributed by atoms with E-state index in [0.717, 1.165) is 11.3 Å². The molecule has 2 N–H and O–H groups in total. The molecule has 4 rings (SSSR count). The molecule has 1 aromatic heterocycles. The number of nitro groups is 1. The number of hydrogen-bond acceptors (Lipinski definition) is 6. The van der Waals surface area contributed by atoms with Gasteiger partial charge in [-0.1, -0.05) is 36.4 Å². The van der Waals surface area contributed by atoms with Crippen LogP contribution in [0.5, 0.6) is 0 Å². The molecule has 28 heavy (non-hydrogen) atoms. The Morgan fingerprint density at radius 1 is 1.21 bits per heavy atom. The van der Waals surface area contributed by atoms with Gasteiger partial charge >= 0.3 is 0 Å². The number of nitrogens with one attached hydrogen (secondary N) is 2. The number of carbonyl (C=O) groups excluding carboxylic acids is 1. The van der Waals surface area contributed by atoms with E-state index in [2.05, 4.69) is 20.7 Å². The van der Waals surface area contributed by atoms with Gasteiger partial charge in [0.1, 0.15) is 6.04 Å². The first-order valence-corrected chi connectivity index (χ1v) is 8.54. The number of nitro benzene ring substituents is 1. The minimum Gasteiger partial charge on any atom is -0.329 e. The maximum Gasteiger partial charge on any atom is 0.270 e. The van der Waals surface area contributed by atoms with Crippen molar-refractivity contribution in [2.24, 2.45) is 0 Å². The molecular weight excluding hydrogens is 360 g/mol. The van der Waals surface area contributed by atoms with Crippen molar-refractivity contribution in [2.75, 3.05) is 10.6 Å². The molecule has 0 saturated carbocycles. The molecular formula is C19H16N6O3. The van der Waals surface area contributed by atoms with E-state index in [-0.39, 0.29) is 23.2 Å². The summed E-state index contributed by atoms with van der Waals surface area (Å²) in [5.74, 6) is 0.0961. The van der Waals surface area contributed by atoms with Gasteiger partial charge in [-0.2, -0.15) is 4.98 Å². The molecule has 9 heteroatoms. The standard InChI is InChI=1S/C19H16N6O3/c1-12-10-16(13-6-3-2-4-7-13)24-19(20-12)22-18(23-24)21-17(26)14-8-5-9-15(11-14)25(27)28/h2-11,16H,1H3,(H2,20,21,22,23,26)/t16-/m1/s1. The number of fused-ring (bicyclic) bond motifs is 1. The Morgan fingerprint density at radius 3 is 2.75 bits per heavy atom. The predicted octanol–water partition coefficient (Wildman–Crippen LogP) is 3.36. The molecule has 0 bridgehead atoms. The van der Waals surface area contributed by atoms with Crippen LogP contribution < -0.4 is 10.6 Å². The number of non-ortho nitro benzene ring substituents is 1. The molecule has 9 nitrogen and oxygen atoms in total. The lowest BCUT2D eigenvalue weighted by Gasteiger charge is -2.22. The van der Waals surface area contributed by atoms with E-state index < -0.39 is 10.8 Å². The first-order chi connectivity index (χ1) is 13.5. The molecule has 2 heterocycles. The fourth-order valence-electron chi connectivity index (χ4n) is 3.00. The van der Waals surface area contributed by atoms with Crippen molar-refractivity contribution in [3.05, 3.63) is 87.6 Å². The monoisotopic (exact) mass is 376 g/mol. The molecule has 0 fully saturated rings. The average Bonchev–Trinajstić information content (AvgIpc) is 3.10. The number of benzene rings is 2. The fraction of sp³-hybridized carbons (Fsp3) is 0.105. The number of anilines is 2. The van der Waals surface area contributed by atoms with Crippen molar-refractivity contribution in [3.8, 4) is 0 Å². The van der Waals surface area contributed by atoms with Gasteiger partial charge in [-0.05, 0) is 24.6 Å². The Kier molecular flexibility index (Phi) is 4.32. The third-order valence-corrected chi connectivity index (χ3v) is 4.30. The number of nitrogens with zero attached hydrogens (tertiary/aromatic N) is 4. The van der Waals surface area contributed by atoms with Crippen molar-refractivity contribution in [3.63, 3.8) is 0 Å². The Morgan fingerprint density at radius 2 is 2.00 bits per heavy atom. The van der Waals surface area contributed by atoms with Crippen molar-refractivity contribution in [1.29, 1.82) is 0 Å². The molecule has 0 spiro atoms. The third-order valence-electron chi connectivity index (χ3n) is 4.30. The van der Waals surface area contributed by atoms with Crippen LogP contribution in [0.4, 0.5) is 17.6 Å². The highest BCUT2D eigenvalue weighted by Crippen LogP contribution is 2.29. The number of allylic oxidation sites excluding steroid dienone is 2. The molecule has 0 unspecified atom stereocenters. The van der Waals surface area contributed by atoms with Crippen LogP contribution in [0, 0.1) is 10.1 Å². The van der Waals surface area contributed by atoms with Crippen molar-refractivity contribution >= 4 is 23.5 Å². The predicted molar refractivity (Wildman–Crippen MR) is 103 cm³/mol. The van der Waals surface area contributed by atoms with E-state index >= 15 is 0 Å². The molecule has 2 aromatic carbocycles. The molecule has 0 saturated heterocycles. The van der Waals surface area contributed by atoms with E-state index in [1.165, 1.54) is 24.3 Å². The zero-order chi connectivity index (χ0) is 19.7. The lowest BCUT2D eigenvalue weighted by atomic mass is 10.1. The SMILES string of the molecule is CC1=C[C@H](c2ccccc2)n2nc(NC(=O)c3cccc([N+](=O)[O-])c3)nc2N1. The summed E-state index contributed by atoms with van der Waals surface area (Å²) in [6.45, 7) is 1.93. The molecule has 1 amide bonds. The van der Waals surface area contributed by atoms with Crippen LogP contribution in [0.25, 0.3) is 0 Å².